The van der Waals surface area contributed by atoms with Gasteiger partial charge in [-0.15, -0.1) is 0 Å². The lowest BCUT2D eigenvalue weighted by Gasteiger charge is -2.25. The maximum atomic E-state index is 10.9. The van der Waals surface area contributed by atoms with Crippen molar-refractivity contribution >= 4 is 11.9 Å². The lowest BCUT2D eigenvalue weighted by molar-refractivity contribution is -0.145. The predicted molar refractivity (Wildman–Crippen MR) is 49.8 cm³/mol. The second-order valence-electron chi connectivity index (χ2n) is 3.70. The third-order valence-corrected chi connectivity index (χ3v) is 2.47. The van der Waals surface area contributed by atoms with Crippen molar-refractivity contribution in [3.05, 3.63) is 23.3 Å². The molecule has 0 bridgehead atoms. The molecule has 0 aromatic heterocycles. The van der Waals surface area contributed by atoms with Crippen molar-refractivity contribution in [1.29, 1.82) is 0 Å². The normalized spacial score (nSPS) is 26.4. The molecule has 1 unspecified atom stereocenters. The van der Waals surface area contributed by atoms with Crippen molar-refractivity contribution in [2.75, 3.05) is 0 Å². The van der Waals surface area contributed by atoms with E-state index in [-0.39, 0.29) is 12.0 Å². The molecule has 1 atom stereocenters. The summed E-state index contributed by atoms with van der Waals surface area (Å²) < 4.78 is 0. The first-order chi connectivity index (χ1) is 6.37. The van der Waals surface area contributed by atoms with Crippen molar-refractivity contribution in [1.82, 2.24) is 0 Å². The van der Waals surface area contributed by atoms with Gasteiger partial charge in [-0.1, -0.05) is 12.2 Å². The molecule has 0 aliphatic heterocycles. The van der Waals surface area contributed by atoms with Gasteiger partial charge in [-0.3, -0.25) is 4.79 Å². The largest absolute Gasteiger partial charge is 0.481 e. The zero-order valence-corrected chi connectivity index (χ0v) is 8.07. The third kappa shape index (κ3) is 1.69. The molecular formula is C10H12O4. The molecule has 0 heterocycles. The molecule has 0 radical (unpaired) electrons. The summed E-state index contributed by atoms with van der Waals surface area (Å²) in [6, 6.07) is 0. The Morgan fingerprint density at radius 1 is 1.43 bits per heavy atom. The highest BCUT2D eigenvalue weighted by molar-refractivity contribution is 5.91. The number of carboxylic acid groups (broad SMARTS) is 2. The van der Waals surface area contributed by atoms with Gasteiger partial charge in [-0.25, -0.2) is 4.79 Å². The molecule has 0 aromatic rings. The van der Waals surface area contributed by atoms with E-state index in [1.54, 1.807) is 13.0 Å². The van der Waals surface area contributed by atoms with Gasteiger partial charge < -0.3 is 10.2 Å². The average Bonchev–Trinajstić information content (AvgIpc) is 2.09. The lowest BCUT2D eigenvalue weighted by Crippen LogP contribution is -2.29. The number of aliphatic carboxylic acids is 2. The van der Waals surface area contributed by atoms with Gasteiger partial charge in [0.2, 0.25) is 0 Å². The van der Waals surface area contributed by atoms with Crippen LogP contribution in [-0.2, 0) is 9.59 Å². The molecule has 0 aromatic carbocycles. The smallest absolute Gasteiger partial charge is 0.331 e. The molecule has 1 aliphatic rings. The van der Waals surface area contributed by atoms with Crippen LogP contribution >= 0.6 is 0 Å². The van der Waals surface area contributed by atoms with Crippen molar-refractivity contribution < 1.29 is 19.8 Å². The summed E-state index contributed by atoms with van der Waals surface area (Å²) in [7, 11) is 0. The fraction of sp³-hybridized carbons (Fsp3) is 0.400. The Balaban J connectivity index is 3.07. The van der Waals surface area contributed by atoms with Crippen LogP contribution in [0.3, 0.4) is 0 Å². The van der Waals surface area contributed by atoms with Crippen LogP contribution in [0, 0.1) is 5.41 Å². The van der Waals surface area contributed by atoms with Crippen LogP contribution in [0.2, 0.25) is 0 Å². The van der Waals surface area contributed by atoms with Gasteiger partial charge in [0, 0.05) is 5.57 Å². The summed E-state index contributed by atoms with van der Waals surface area (Å²) >= 11 is 0. The second kappa shape index (κ2) is 3.29. The highest BCUT2D eigenvalue weighted by Crippen LogP contribution is 2.34. The molecule has 0 saturated carbocycles. The Morgan fingerprint density at radius 3 is 2.43 bits per heavy atom. The van der Waals surface area contributed by atoms with Crippen molar-refractivity contribution in [2.24, 2.45) is 5.41 Å². The second-order valence-corrected chi connectivity index (χ2v) is 3.70. The quantitative estimate of drug-likeness (QED) is 0.700. The summed E-state index contributed by atoms with van der Waals surface area (Å²) in [6.45, 7) is 3.18. The van der Waals surface area contributed by atoms with Gasteiger partial charge in [0.25, 0.3) is 0 Å². The van der Waals surface area contributed by atoms with E-state index in [1.165, 1.54) is 13.0 Å². The number of carboxylic acids is 2. The number of carbonyl (C=O) groups is 2. The Bertz CT molecular complexity index is 351. The predicted octanol–water partition coefficient (Wildman–Crippen LogP) is 1.44. The van der Waals surface area contributed by atoms with Crippen molar-refractivity contribution in [2.45, 2.75) is 20.3 Å². The molecule has 2 N–H and O–H groups in total. The van der Waals surface area contributed by atoms with E-state index in [0.717, 1.165) is 0 Å². The minimum absolute atomic E-state index is 0.0417. The monoisotopic (exact) mass is 196 g/mol. The van der Waals surface area contributed by atoms with Crippen LogP contribution < -0.4 is 0 Å². The van der Waals surface area contributed by atoms with E-state index < -0.39 is 17.4 Å². The number of rotatable bonds is 2. The lowest BCUT2D eigenvalue weighted by atomic mass is 9.78. The summed E-state index contributed by atoms with van der Waals surface area (Å²) in [5.74, 6) is -2.04. The molecule has 4 nitrogen and oxygen atoms in total. The Morgan fingerprint density at radius 2 is 2.00 bits per heavy atom. The van der Waals surface area contributed by atoms with E-state index in [4.69, 9.17) is 10.2 Å². The number of allylic oxidation sites excluding steroid dienone is 2. The Labute approximate surface area is 81.6 Å². The van der Waals surface area contributed by atoms with Crippen molar-refractivity contribution in [3.8, 4) is 0 Å². The van der Waals surface area contributed by atoms with Crippen LogP contribution in [0.15, 0.2) is 23.3 Å². The molecule has 0 amide bonds. The van der Waals surface area contributed by atoms with Gasteiger partial charge in [-0.2, -0.15) is 0 Å². The molecule has 1 rings (SSSR count). The first kappa shape index (κ1) is 10.5. The fourth-order valence-corrected chi connectivity index (χ4v) is 1.37. The van der Waals surface area contributed by atoms with E-state index in [9.17, 15) is 9.59 Å². The van der Waals surface area contributed by atoms with Crippen molar-refractivity contribution in [3.63, 3.8) is 0 Å². The Kier molecular flexibility index (Phi) is 2.47. The maximum absolute atomic E-state index is 10.9. The molecule has 0 spiro atoms. The molecule has 0 fully saturated rings. The van der Waals surface area contributed by atoms with E-state index >= 15 is 0 Å². The van der Waals surface area contributed by atoms with E-state index in [0.29, 0.717) is 5.57 Å². The van der Waals surface area contributed by atoms with Gasteiger partial charge in [0.15, 0.2) is 0 Å². The van der Waals surface area contributed by atoms with Crippen LogP contribution in [0.1, 0.15) is 20.3 Å². The summed E-state index contributed by atoms with van der Waals surface area (Å²) in [4.78, 5) is 21.7. The van der Waals surface area contributed by atoms with Gasteiger partial charge >= 0.3 is 11.9 Å². The maximum Gasteiger partial charge on any atom is 0.331 e. The molecule has 1 aliphatic carbocycles. The van der Waals surface area contributed by atoms with Crippen LogP contribution in [0.5, 0.6) is 0 Å². The first-order valence-electron chi connectivity index (χ1n) is 4.22. The van der Waals surface area contributed by atoms with E-state index in [2.05, 4.69) is 0 Å². The summed E-state index contributed by atoms with van der Waals surface area (Å²) in [5.41, 5.74) is -0.290. The molecule has 0 saturated heterocycles. The topological polar surface area (TPSA) is 74.6 Å². The summed E-state index contributed by atoms with van der Waals surface area (Å²) in [6.07, 6.45) is 3.14. The molecule has 4 heteroatoms. The summed E-state index contributed by atoms with van der Waals surface area (Å²) in [5, 5.41) is 17.8. The van der Waals surface area contributed by atoms with Crippen LogP contribution in [0.4, 0.5) is 0 Å². The highest BCUT2D eigenvalue weighted by Gasteiger charge is 2.35. The third-order valence-electron chi connectivity index (χ3n) is 2.47. The van der Waals surface area contributed by atoms with Gasteiger partial charge in [0.1, 0.15) is 0 Å². The SMILES string of the molecule is CC1=C(C(=O)O)CC(C)(C(=O)O)C=C1. The minimum atomic E-state index is -1.09. The molecule has 76 valence electrons. The number of hydrogen-bond donors (Lipinski definition) is 2. The zero-order chi connectivity index (χ0) is 10.9. The minimum Gasteiger partial charge on any atom is -0.481 e. The van der Waals surface area contributed by atoms with Crippen LogP contribution in [0.25, 0.3) is 0 Å². The molecular weight excluding hydrogens is 184 g/mol. The number of hydrogen-bond acceptors (Lipinski definition) is 2. The standard InChI is InChI=1S/C10H12O4/c1-6-3-4-10(2,9(13)14)5-7(6)8(11)12/h3-4H,5H2,1-2H3,(H,11,12)(H,13,14). The fourth-order valence-electron chi connectivity index (χ4n) is 1.37. The van der Waals surface area contributed by atoms with Gasteiger partial charge in [-0.05, 0) is 25.8 Å². The van der Waals surface area contributed by atoms with Gasteiger partial charge in [0.05, 0.1) is 5.41 Å². The Hall–Kier alpha value is -1.58. The highest BCUT2D eigenvalue weighted by atomic mass is 16.4. The zero-order valence-electron chi connectivity index (χ0n) is 8.07. The van der Waals surface area contributed by atoms with Crippen LogP contribution in [-0.4, -0.2) is 22.2 Å². The first-order valence-corrected chi connectivity index (χ1v) is 4.22. The molecule has 14 heavy (non-hydrogen) atoms. The van der Waals surface area contributed by atoms with E-state index in [1.807, 2.05) is 0 Å². The average molecular weight is 196 g/mol.